The van der Waals surface area contributed by atoms with E-state index in [1.165, 1.54) is 29.7 Å². The Morgan fingerprint density at radius 2 is 1.90 bits per heavy atom. The maximum Gasteiger partial charge on any atom is 0.191 e. The number of aliphatic imine (C=N–C) groups is 1. The van der Waals surface area contributed by atoms with Gasteiger partial charge in [-0.2, -0.15) is 0 Å². The van der Waals surface area contributed by atoms with Gasteiger partial charge in [0.2, 0.25) is 0 Å². The second-order valence-electron chi connectivity index (χ2n) is 8.04. The van der Waals surface area contributed by atoms with Gasteiger partial charge < -0.3 is 20.1 Å². The van der Waals surface area contributed by atoms with Crippen molar-refractivity contribution in [3.8, 4) is 0 Å². The van der Waals surface area contributed by atoms with E-state index < -0.39 is 0 Å². The molecule has 1 atom stereocenters. The maximum atomic E-state index is 4.52. The van der Waals surface area contributed by atoms with Gasteiger partial charge in [0, 0.05) is 44.8 Å². The molecule has 1 aliphatic rings. The Hall–Kier alpha value is -3.28. The van der Waals surface area contributed by atoms with Gasteiger partial charge in [-0.05, 0) is 43.0 Å². The first-order valence-electron chi connectivity index (χ1n) is 11.1. The Bertz CT molecular complexity index is 988. The van der Waals surface area contributed by atoms with E-state index in [0.29, 0.717) is 6.54 Å². The number of nitrogens with one attached hydrogen (secondary N) is 2. The normalized spacial score (nSPS) is 15.2. The predicted molar refractivity (Wildman–Crippen MR) is 127 cm³/mol. The average molecular weight is 417 g/mol. The molecule has 1 fully saturated rings. The van der Waals surface area contributed by atoms with Crippen LogP contribution in [0.5, 0.6) is 0 Å². The summed E-state index contributed by atoms with van der Waals surface area (Å²) < 4.78 is 2.17. The Balaban J connectivity index is 1.35. The molecule has 2 aromatic carbocycles. The van der Waals surface area contributed by atoms with Gasteiger partial charge in [-0.15, -0.1) is 0 Å². The second kappa shape index (κ2) is 10.2. The highest BCUT2D eigenvalue weighted by atomic mass is 15.2. The lowest BCUT2D eigenvalue weighted by molar-refractivity contribution is 0.658. The van der Waals surface area contributed by atoms with Crippen molar-refractivity contribution in [2.75, 3.05) is 25.0 Å². The molecule has 0 saturated carbocycles. The lowest BCUT2D eigenvalue weighted by atomic mass is 10.1. The summed E-state index contributed by atoms with van der Waals surface area (Å²) in [6.07, 6.45) is 6.44. The van der Waals surface area contributed by atoms with Gasteiger partial charge in [0.05, 0.1) is 12.6 Å². The van der Waals surface area contributed by atoms with Crippen molar-refractivity contribution in [2.45, 2.75) is 38.9 Å². The Labute approximate surface area is 185 Å². The first kappa shape index (κ1) is 21.0. The molecule has 1 aromatic heterocycles. The standard InChI is InChI=1S/C25H32N6/c1-20(22-11-8-12-23(17-22)30-14-6-7-15-30)29-25(26-2)28-18-24-27-13-16-31(24)19-21-9-4-3-5-10-21/h3-5,8-13,16-17,20H,6-7,14-15,18-19H2,1-2H3,(H2,26,28,29). The largest absolute Gasteiger partial charge is 0.372 e. The third kappa shape index (κ3) is 5.45. The van der Waals surface area contributed by atoms with Gasteiger partial charge in [-0.3, -0.25) is 4.99 Å². The minimum Gasteiger partial charge on any atom is -0.372 e. The minimum atomic E-state index is 0.151. The molecule has 2 heterocycles. The quantitative estimate of drug-likeness (QED) is 0.452. The SMILES string of the molecule is CN=C(NCc1nccn1Cc1ccccc1)NC(C)c1cccc(N2CCCC2)c1. The van der Waals surface area contributed by atoms with E-state index in [2.05, 4.69) is 85.5 Å². The fraction of sp³-hybridized carbons (Fsp3) is 0.360. The second-order valence-corrected chi connectivity index (χ2v) is 8.04. The third-order valence-electron chi connectivity index (χ3n) is 5.83. The zero-order chi connectivity index (χ0) is 21.5. The number of hydrogen-bond donors (Lipinski definition) is 2. The average Bonchev–Trinajstić information content (AvgIpc) is 3.50. The molecule has 6 nitrogen and oxygen atoms in total. The van der Waals surface area contributed by atoms with Crippen molar-refractivity contribution >= 4 is 11.6 Å². The molecule has 1 unspecified atom stereocenters. The Morgan fingerprint density at radius 3 is 2.68 bits per heavy atom. The van der Waals surface area contributed by atoms with Crippen molar-refractivity contribution in [3.05, 3.63) is 83.9 Å². The summed E-state index contributed by atoms with van der Waals surface area (Å²) in [6.45, 7) is 5.91. The monoisotopic (exact) mass is 416 g/mol. The molecule has 0 aliphatic carbocycles. The molecular formula is C25H32N6. The number of anilines is 1. The first-order chi connectivity index (χ1) is 15.2. The Morgan fingerprint density at radius 1 is 1.10 bits per heavy atom. The highest BCUT2D eigenvalue weighted by Crippen LogP contribution is 2.23. The van der Waals surface area contributed by atoms with Crippen molar-refractivity contribution in [2.24, 2.45) is 4.99 Å². The van der Waals surface area contributed by atoms with Gasteiger partial charge in [-0.25, -0.2) is 4.98 Å². The van der Waals surface area contributed by atoms with E-state index in [1.54, 1.807) is 7.05 Å². The first-order valence-corrected chi connectivity index (χ1v) is 11.1. The number of aromatic nitrogens is 2. The summed E-state index contributed by atoms with van der Waals surface area (Å²) in [5, 5.41) is 6.93. The summed E-state index contributed by atoms with van der Waals surface area (Å²) >= 11 is 0. The van der Waals surface area contributed by atoms with Gasteiger partial charge in [0.1, 0.15) is 5.82 Å². The van der Waals surface area contributed by atoms with E-state index in [0.717, 1.165) is 31.4 Å². The van der Waals surface area contributed by atoms with Crippen LogP contribution in [0.1, 0.15) is 42.8 Å². The lowest BCUT2D eigenvalue weighted by Crippen LogP contribution is -2.38. The fourth-order valence-electron chi connectivity index (χ4n) is 4.04. The van der Waals surface area contributed by atoms with Gasteiger partial charge in [0.15, 0.2) is 5.96 Å². The van der Waals surface area contributed by atoms with Crippen LogP contribution >= 0.6 is 0 Å². The van der Waals surface area contributed by atoms with Crippen LogP contribution in [0.4, 0.5) is 5.69 Å². The van der Waals surface area contributed by atoms with Gasteiger partial charge in [-0.1, -0.05) is 42.5 Å². The summed E-state index contributed by atoms with van der Waals surface area (Å²) in [4.78, 5) is 11.4. The highest BCUT2D eigenvalue weighted by Gasteiger charge is 2.15. The molecule has 4 rings (SSSR count). The topological polar surface area (TPSA) is 57.5 Å². The highest BCUT2D eigenvalue weighted by molar-refractivity contribution is 5.80. The molecule has 1 aliphatic heterocycles. The summed E-state index contributed by atoms with van der Waals surface area (Å²) in [5.74, 6) is 1.75. The molecule has 1 saturated heterocycles. The minimum absolute atomic E-state index is 0.151. The van der Waals surface area contributed by atoms with Crippen LogP contribution < -0.4 is 15.5 Å². The fourth-order valence-corrected chi connectivity index (χ4v) is 4.04. The van der Waals surface area contributed by atoms with Crippen LogP contribution in [0.15, 0.2) is 72.0 Å². The molecule has 0 amide bonds. The number of imidazole rings is 1. The molecule has 162 valence electrons. The molecule has 2 N–H and O–H groups in total. The summed E-state index contributed by atoms with van der Waals surface area (Å²) in [6, 6.07) is 19.4. The van der Waals surface area contributed by atoms with Crippen LogP contribution in [-0.2, 0) is 13.1 Å². The summed E-state index contributed by atoms with van der Waals surface area (Å²) in [7, 11) is 1.80. The number of guanidine groups is 1. The van der Waals surface area contributed by atoms with E-state index in [-0.39, 0.29) is 6.04 Å². The van der Waals surface area contributed by atoms with Gasteiger partial charge >= 0.3 is 0 Å². The zero-order valence-corrected chi connectivity index (χ0v) is 18.5. The van der Waals surface area contributed by atoms with E-state index in [9.17, 15) is 0 Å². The lowest BCUT2D eigenvalue weighted by Gasteiger charge is -2.22. The van der Waals surface area contributed by atoms with Crippen LogP contribution in [0.3, 0.4) is 0 Å². The van der Waals surface area contributed by atoms with Crippen LogP contribution in [0.25, 0.3) is 0 Å². The van der Waals surface area contributed by atoms with Crippen molar-refractivity contribution in [3.63, 3.8) is 0 Å². The van der Waals surface area contributed by atoms with Crippen LogP contribution in [0, 0.1) is 0 Å². The number of nitrogens with zero attached hydrogens (tertiary/aromatic N) is 4. The van der Waals surface area contributed by atoms with Crippen LogP contribution in [0.2, 0.25) is 0 Å². The number of benzene rings is 2. The maximum absolute atomic E-state index is 4.52. The molecule has 0 bridgehead atoms. The molecule has 0 radical (unpaired) electrons. The number of rotatable bonds is 7. The smallest absolute Gasteiger partial charge is 0.191 e. The van der Waals surface area contributed by atoms with Gasteiger partial charge in [0.25, 0.3) is 0 Å². The Kier molecular flexibility index (Phi) is 6.87. The molecule has 0 spiro atoms. The summed E-state index contributed by atoms with van der Waals surface area (Å²) in [5.41, 5.74) is 3.84. The van der Waals surface area contributed by atoms with Crippen molar-refractivity contribution in [1.29, 1.82) is 0 Å². The zero-order valence-electron chi connectivity index (χ0n) is 18.5. The van der Waals surface area contributed by atoms with Crippen molar-refractivity contribution < 1.29 is 0 Å². The van der Waals surface area contributed by atoms with Crippen LogP contribution in [-0.4, -0.2) is 35.6 Å². The van der Waals surface area contributed by atoms with E-state index >= 15 is 0 Å². The third-order valence-corrected chi connectivity index (χ3v) is 5.83. The predicted octanol–water partition coefficient (Wildman–Crippen LogP) is 3.96. The van der Waals surface area contributed by atoms with Crippen molar-refractivity contribution in [1.82, 2.24) is 20.2 Å². The van der Waals surface area contributed by atoms with E-state index in [4.69, 9.17) is 0 Å². The number of hydrogen-bond acceptors (Lipinski definition) is 3. The molecular weight excluding hydrogens is 384 g/mol. The molecule has 31 heavy (non-hydrogen) atoms. The molecule has 6 heteroatoms. The molecule has 3 aromatic rings. The van der Waals surface area contributed by atoms with E-state index in [1.807, 2.05) is 18.5 Å².